The molecule has 0 saturated heterocycles. The monoisotopic (exact) mass is 266 g/mol. The van der Waals surface area contributed by atoms with E-state index in [4.69, 9.17) is 4.74 Å². The van der Waals surface area contributed by atoms with Gasteiger partial charge >= 0.3 is 0 Å². The predicted molar refractivity (Wildman–Crippen MR) is 79.8 cm³/mol. The van der Waals surface area contributed by atoms with E-state index in [0.29, 0.717) is 18.6 Å². The lowest BCUT2D eigenvalue weighted by molar-refractivity contribution is -0.122. The Bertz CT molecular complexity index is 589. The van der Waals surface area contributed by atoms with E-state index in [2.05, 4.69) is 18.2 Å². The molecule has 1 saturated carbocycles. The molecule has 2 heteroatoms. The highest BCUT2D eigenvalue weighted by Gasteiger charge is 2.21. The number of carbonyl (C=O) groups is 1. The van der Waals surface area contributed by atoms with Gasteiger partial charge in [-0.1, -0.05) is 48.5 Å². The smallest absolute Gasteiger partial charge is 0.136 e. The van der Waals surface area contributed by atoms with E-state index in [1.165, 1.54) is 0 Å². The van der Waals surface area contributed by atoms with E-state index in [0.717, 1.165) is 29.7 Å². The third kappa shape index (κ3) is 2.90. The molecule has 1 unspecified atom stereocenters. The Morgan fingerprint density at radius 3 is 2.50 bits per heavy atom. The lowest BCUT2D eigenvalue weighted by Crippen LogP contribution is -2.25. The largest absolute Gasteiger partial charge is 0.489 e. The minimum atomic E-state index is 0.0288. The SMILES string of the molecule is O=C1CCCC(Oc2ccccc2-c2ccccc2)C1. The molecule has 0 amide bonds. The fraction of sp³-hybridized carbons (Fsp3) is 0.278. The first kappa shape index (κ1) is 12.9. The Balaban J connectivity index is 1.85. The van der Waals surface area contributed by atoms with Gasteiger partial charge in [-0.05, 0) is 24.5 Å². The zero-order valence-electron chi connectivity index (χ0n) is 11.4. The summed E-state index contributed by atoms with van der Waals surface area (Å²) < 4.78 is 6.09. The van der Waals surface area contributed by atoms with Crippen molar-refractivity contribution in [2.75, 3.05) is 0 Å². The average molecular weight is 266 g/mol. The van der Waals surface area contributed by atoms with Crippen LogP contribution >= 0.6 is 0 Å². The number of ketones is 1. The van der Waals surface area contributed by atoms with Crippen molar-refractivity contribution in [2.45, 2.75) is 31.8 Å². The minimum absolute atomic E-state index is 0.0288. The van der Waals surface area contributed by atoms with Gasteiger partial charge in [0.1, 0.15) is 17.6 Å². The summed E-state index contributed by atoms with van der Waals surface area (Å²) in [5.41, 5.74) is 2.23. The van der Waals surface area contributed by atoms with Crippen molar-refractivity contribution in [1.82, 2.24) is 0 Å². The van der Waals surface area contributed by atoms with Crippen LogP contribution in [0.15, 0.2) is 54.6 Å². The Kier molecular flexibility index (Phi) is 3.82. The molecule has 0 heterocycles. The second kappa shape index (κ2) is 5.91. The number of benzene rings is 2. The number of para-hydroxylation sites is 1. The Hall–Kier alpha value is -2.09. The van der Waals surface area contributed by atoms with Gasteiger partial charge in [0.15, 0.2) is 0 Å². The first-order chi connectivity index (χ1) is 9.83. The second-order valence-corrected chi connectivity index (χ2v) is 5.24. The van der Waals surface area contributed by atoms with Crippen LogP contribution in [0.1, 0.15) is 25.7 Å². The van der Waals surface area contributed by atoms with Crippen LogP contribution in [0.2, 0.25) is 0 Å². The van der Waals surface area contributed by atoms with E-state index in [1.54, 1.807) is 0 Å². The van der Waals surface area contributed by atoms with E-state index in [-0.39, 0.29) is 6.10 Å². The molecule has 3 rings (SSSR count). The third-order valence-corrected chi connectivity index (χ3v) is 3.70. The fourth-order valence-electron chi connectivity index (χ4n) is 2.69. The fourth-order valence-corrected chi connectivity index (χ4v) is 2.69. The van der Waals surface area contributed by atoms with Crippen LogP contribution in [-0.2, 0) is 4.79 Å². The molecule has 0 aromatic heterocycles. The predicted octanol–water partition coefficient (Wildman–Crippen LogP) is 4.24. The van der Waals surface area contributed by atoms with Crippen molar-refractivity contribution < 1.29 is 9.53 Å². The summed E-state index contributed by atoms with van der Waals surface area (Å²) in [6.45, 7) is 0. The van der Waals surface area contributed by atoms with Crippen molar-refractivity contribution in [3.63, 3.8) is 0 Å². The van der Waals surface area contributed by atoms with Crippen molar-refractivity contribution in [3.05, 3.63) is 54.6 Å². The van der Waals surface area contributed by atoms with E-state index in [9.17, 15) is 4.79 Å². The summed E-state index contributed by atoms with van der Waals surface area (Å²) in [7, 11) is 0. The molecule has 2 nitrogen and oxygen atoms in total. The molecule has 1 aliphatic carbocycles. The van der Waals surface area contributed by atoms with E-state index < -0.39 is 0 Å². The zero-order chi connectivity index (χ0) is 13.8. The lowest BCUT2D eigenvalue weighted by atomic mass is 9.96. The standard InChI is InChI=1S/C18H18O2/c19-15-9-6-10-16(13-15)20-18-12-5-4-11-17(18)14-7-2-1-3-8-14/h1-5,7-8,11-12,16H,6,9-10,13H2. The molecular weight excluding hydrogens is 248 g/mol. The van der Waals surface area contributed by atoms with Crippen LogP contribution in [0.25, 0.3) is 11.1 Å². The normalized spacial score (nSPS) is 18.8. The first-order valence-corrected chi connectivity index (χ1v) is 7.16. The van der Waals surface area contributed by atoms with Gasteiger partial charge in [-0.15, -0.1) is 0 Å². The first-order valence-electron chi connectivity index (χ1n) is 7.16. The summed E-state index contributed by atoms with van der Waals surface area (Å²) in [6.07, 6.45) is 3.19. The van der Waals surface area contributed by atoms with Crippen molar-refractivity contribution in [1.29, 1.82) is 0 Å². The molecule has 0 aliphatic heterocycles. The summed E-state index contributed by atoms with van der Waals surface area (Å²) in [5.74, 6) is 1.19. The highest BCUT2D eigenvalue weighted by Crippen LogP contribution is 2.32. The van der Waals surface area contributed by atoms with Crippen LogP contribution in [0.3, 0.4) is 0 Å². The Morgan fingerprint density at radius 1 is 0.950 bits per heavy atom. The molecule has 2 aromatic carbocycles. The molecular formula is C18H18O2. The molecule has 1 fully saturated rings. The molecule has 0 N–H and O–H groups in total. The van der Waals surface area contributed by atoms with E-state index in [1.807, 2.05) is 36.4 Å². The lowest BCUT2D eigenvalue weighted by Gasteiger charge is -2.23. The number of hydrogen-bond donors (Lipinski definition) is 0. The third-order valence-electron chi connectivity index (χ3n) is 3.70. The van der Waals surface area contributed by atoms with Gasteiger partial charge in [0.05, 0.1) is 0 Å². The summed E-state index contributed by atoms with van der Waals surface area (Å²) in [6, 6.07) is 18.3. The van der Waals surface area contributed by atoms with Crippen LogP contribution < -0.4 is 4.74 Å². The quantitative estimate of drug-likeness (QED) is 0.830. The molecule has 102 valence electrons. The average Bonchev–Trinajstić information content (AvgIpc) is 2.49. The molecule has 0 spiro atoms. The number of Topliss-reactive ketones (excluding diaryl/α,β-unsaturated/α-hetero) is 1. The maximum absolute atomic E-state index is 11.5. The molecule has 20 heavy (non-hydrogen) atoms. The maximum Gasteiger partial charge on any atom is 0.136 e. The Labute approximate surface area is 119 Å². The molecule has 0 bridgehead atoms. The van der Waals surface area contributed by atoms with Gasteiger partial charge < -0.3 is 4.74 Å². The van der Waals surface area contributed by atoms with Crippen molar-refractivity contribution in [2.24, 2.45) is 0 Å². The molecule has 1 atom stereocenters. The topological polar surface area (TPSA) is 26.3 Å². The van der Waals surface area contributed by atoms with Gasteiger partial charge in [-0.25, -0.2) is 0 Å². The van der Waals surface area contributed by atoms with Crippen molar-refractivity contribution in [3.8, 4) is 16.9 Å². The number of carbonyl (C=O) groups excluding carboxylic acids is 1. The highest BCUT2D eigenvalue weighted by atomic mass is 16.5. The van der Waals surface area contributed by atoms with E-state index >= 15 is 0 Å². The van der Waals surface area contributed by atoms with Gasteiger partial charge in [0.2, 0.25) is 0 Å². The molecule has 2 aromatic rings. The molecule has 1 aliphatic rings. The van der Waals surface area contributed by atoms with Gasteiger partial charge in [0, 0.05) is 18.4 Å². The summed E-state index contributed by atoms with van der Waals surface area (Å²) >= 11 is 0. The van der Waals surface area contributed by atoms with Gasteiger partial charge in [0.25, 0.3) is 0 Å². The number of rotatable bonds is 3. The maximum atomic E-state index is 11.5. The molecule has 0 radical (unpaired) electrons. The number of hydrogen-bond acceptors (Lipinski definition) is 2. The van der Waals surface area contributed by atoms with Crippen LogP contribution in [-0.4, -0.2) is 11.9 Å². The summed E-state index contributed by atoms with van der Waals surface area (Å²) in [5, 5.41) is 0. The number of ether oxygens (including phenoxy) is 1. The van der Waals surface area contributed by atoms with Crippen LogP contribution in [0.5, 0.6) is 5.75 Å². The van der Waals surface area contributed by atoms with Crippen LogP contribution in [0, 0.1) is 0 Å². The Morgan fingerprint density at radius 2 is 1.70 bits per heavy atom. The minimum Gasteiger partial charge on any atom is -0.489 e. The second-order valence-electron chi connectivity index (χ2n) is 5.24. The summed E-state index contributed by atoms with van der Waals surface area (Å²) in [4.78, 5) is 11.5. The van der Waals surface area contributed by atoms with Gasteiger partial charge in [-0.2, -0.15) is 0 Å². The zero-order valence-corrected chi connectivity index (χ0v) is 11.4. The van der Waals surface area contributed by atoms with Crippen molar-refractivity contribution >= 4 is 5.78 Å². The van der Waals surface area contributed by atoms with Crippen LogP contribution in [0.4, 0.5) is 0 Å². The van der Waals surface area contributed by atoms with Gasteiger partial charge in [-0.3, -0.25) is 4.79 Å². The highest BCUT2D eigenvalue weighted by molar-refractivity contribution is 5.79.